The van der Waals surface area contributed by atoms with Crippen molar-refractivity contribution in [2.24, 2.45) is 0 Å². The van der Waals surface area contributed by atoms with E-state index in [1.165, 1.54) is 51.4 Å². The molecular weight excluding hydrogens is 586 g/mol. The molecule has 1 aromatic heterocycles. The zero-order valence-electron chi connectivity index (χ0n) is 30.0. The first kappa shape index (κ1) is 41.7. The largest absolute Gasteiger partial charge is 0.462 e. The minimum Gasteiger partial charge on any atom is -0.462 e. The van der Waals surface area contributed by atoms with Crippen LogP contribution in [-0.4, -0.2) is 70.8 Å². The maximum absolute atomic E-state index is 12.7. The number of rotatable bonds is 30. The predicted molar refractivity (Wildman–Crippen MR) is 181 cm³/mol. The number of carbonyl (C=O) groups is 3. The molecule has 1 aromatic rings. The van der Waals surface area contributed by atoms with Crippen molar-refractivity contribution >= 4 is 17.7 Å². The molecule has 0 amide bonds. The zero-order valence-corrected chi connectivity index (χ0v) is 30.0. The van der Waals surface area contributed by atoms with E-state index in [1.54, 1.807) is 24.9 Å². The van der Waals surface area contributed by atoms with Crippen LogP contribution in [0.1, 0.15) is 156 Å². The number of Topliss-reactive ketones (excluding diaryl/α,β-unsaturated/α-hetero) is 1. The summed E-state index contributed by atoms with van der Waals surface area (Å²) in [5, 5.41) is 8.38. The number of esters is 2. The number of aromatic nitrogens is 3. The summed E-state index contributed by atoms with van der Waals surface area (Å²) >= 11 is 0. The summed E-state index contributed by atoms with van der Waals surface area (Å²) in [6.07, 6.45) is 18.3. The van der Waals surface area contributed by atoms with Crippen LogP contribution in [0.3, 0.4) is 0 Å². The molecule has 46 heavy (non-hydrogen) atoms. The molecule has 0 aliphatic heterocycles. The van der Waals surface area contributed by atoms with E-state index in [1.807, 2.05) is 13.8 Å². The minimum atomic E-state index is -0.670. The number of ether oxygens (including phenoxy) is 4. The maximum atomic E-state index is 12.7. The first-order valence-electron chi connectivity index (χ1n) is 18.0. The first-order chi connectivity index (χ1) is 22.1. The SMILES string of the molecule is CCCCCCCCCC(=O)OCC(Cn1cc(CCC(=O)C(C)OCCC(C)(C)OC)nn1)OC(=O)CCCCCCCCC. The molecule has 0 aliphatic rings. The second-order valence-corrected chi connectivity index (χ2v) is 13.2. The quantitative estimate of drug-likeness (QED) is 0.0608. The zero-order chi connectivity index (χ0) is 34.0. The third kappa shape index (κ3) is 21.5. The standard InChI is InChI=1S/C36H65N3O7/c1-7-9-11-13-15-17-19-21-34(41)45-29-32(46-35(42)22-20-18-16-14-12-10-8-2)28-39-27-31(37-38-39)23-24-33(40)30(3)44-26-25-36(4,5)43-6/h27,30,32H,7-26,28-29H2,1-6H3. The van der Waals surface area contributed by atoms with E-state index in [4.69, 9.17) is 18.9 Å². The van der Waals surface area contributed by atoms with Crippen LogP contribution in [0.15, 0.2) is 6.20 Å². The van der Waals surface area contributed by atoms with E-state index >= 15 is 0 Å². The Morgan fingerprint density at radius 1 is 0.826 bits per heavy atom. The maximum Gasteiger partial charge on any atom is 0.306 e. The predicted octanol–water partition coefficient (Wildman–Crippen LogP) is 7.74. The summed E-state index contributed by atoms with van der Waals surface area (Å²) in [5.41, 5.74) is 0.359. The van der Waals surface area contributed by atoms with Gasteiger partial charge < -0.3 is 18.9 Å². The van der Waals surface area contributed by atoms with E-state index in [9.17, 15) is 14.4 Å². The van der Waals surface area contributed by atoms with Gasteiger partial charge in [-0.1, -0.05) is 96.1 Å². The van der Waals surface area contributed by atoms with Crippen LogP contribution >= 0.6 is 0 Å². The summed E-state index contributed by atoms with van der Waals surface area (Å²) in [6, 6.07) is 0. The van der Waals surface area contributed by atoms with Gasteiger partial charge in [0.25, 0.3) is 0 Å². The van der Waals surface area contributed by atoms with E-state index < -0.39 is 12.2 Å². The van der Waals surface area contributed by atoms with Crippen LogP contribution in [0.25, 0.3) is 0 Å². The van der Waals surface area contributed by atoms with Gasteiger partial charge in [0.2, 0.25) is 0 Å². The van der Waals surface area contributed by atoms with Gasteiger partial charge in [-0.25, -0.2) is 4.68 Å². The normalized spacial score (nSPS) is 13.0. The number of nitrogens with zero attached hydrogens (tertiary/aromatic N) is 3. The van der Waals surface area contributed by atoms with E-state index in [2.05, 4.69) is 24.2 Å². The Kier molecular flexibility index (Phi) is 23.3. The lowest BCUT2D eigenvalue weighted by atomic mass is 10.1. The molecule has 0 aromatic carbocycles. The van der Waals surface area contributed by atoms with Gasteiger partial charge in [-0.3, -0.25) is 14.4 Å². The molecule has 2 unspecified atom stereocenters. The Morgan fingerprint density at radius 2 is 1.39 bits per heavy atom. The van der Waals surface area contributed by atoms with Gasteiger partial charge in [-0.2, -0.15) is 0 Å². The van der Waals surface area contributed by atoms with Gasteiger partial charge in [0.1, 0.15) is 12.7 Å². The third-order valence-corrected chi connectivity index (χ3v) is 8.38. The topological polar surface area (TPSA) is 119 Å². The van der Waals surface area contributed by atoms with Gasteiger partial charge >= 0.3 is 11.9 Å². The average molecular weight is 652 g/mol. The summed E-state index contributed by atoms with van der Waals surface area (Å²) in [4.78, 5) is 37.7. The molecule has 0 spiro atoms. The molecule has 1 heterocycles. The fourth-order valence-electron chi connectivity index (χ4n) is 4.96. The molecule has 10 nitrogen and oxygen atoms in total. The van der Waals surface area contributed by atoms with Crippen molar-refractivity contribution in [2.45, 2.75) is 181 Å². The summed E-state index contributed by atoms with van der Waals surface area (Å²) in [7, 11) is 1.66. The van der Waals surface area contributed by atoms with Crippen LogP contribution in [0.4, 0.5) is 0 Å². The van der Waals surface area contributed by atoms with Gasteiger partial charge in [0, 0.05) is 39.0 Å². The van der Waals surface area contributed by atoms with E-state index in [0.717, 1.165) is 38.5 Å². The highest BCUT2D eigenvalue weighted by molar-refractivity contribution is 5.82. The van der Waals surface area contributed by atoms with Gasteiger partial charge in [0.15, 0.2) is 11.9 Å². The van der Waals surface area contributed by atoms with Gasteiger partial charge in [-0.05, 0) is 40.0 Å². The van der Waals surface area contributed by atoms with Crippen LogP contribution in [-0.2, 0) is 46.3 Å². The van der Waals surface area contributed by atoms with Crippen LogP contribution in [0.2, 0.25) is 0 Å². The first-order valence-corrected chi connectivity index (χ1v) is 18.0. The molecule has 1 rings (SSSR count). The molecule has 0 bridgehead atoms. The number of ketones is 1. The third-order valence-electron chi connectivity index (χ3n) is 8.38. The Bertz CT molecular complexity index is 950. The molecule has 266 valence electrons. The summed E-state index contributed by atoms with van der Waals surface area (Å²) < 4.78 is 24.0. The second kappa shape index (κ2) is 25.7. The number of aryl methyl sites for hydroxylation is 1. The van der Waals surface area contributed by atoms with Crippen molar-refractivity contribution in [3.63, 3.8) is 0 Å². The molecule has 0 saturated heterocycles. The molecule has 0 radical (unpaired) electrons. The molecular formula is C36H65N3O7. The molecule has 0 N–H and O–H groups in total. The van der Waals surface area contributed by atoms with Gasteiger partial charge in [0.05, 0.1) is 24.4 Å². The number of hydrogen-bond donors (Lipinski definition) is 0. The van der Waals surface area contributed by atoms with Crippen molar-refractivity contribution in [3.05, 3.63) is 11.9 Å². The Hall–Kier alpha value is -2.33. The molecule has 0 saturated carbocycles. The summed E-state index contributed by atoms with van der Waals surface area (Å²) in [6.45, 7) is 10.7. The van der Waals surface area contributed by atoms with Crippen molar-refractivity contribution in [2.75, 3.05) is 20.3 Å². The highest BCUT2D eigenvalue weighted by atomic mass is 16.6. The van der Waals surface area contributed by atoms with E-state index in [0.29, 0.717) is 38.0 Å². The smallest absolute Gasteiger partial charge is 0.306 e. The molecule has 10 heteroatoms. The fraction of sp³-hybridized carbons (Fsp3) is 0.861. The van der Waals surface area contributed by atoms with Crippen molar-refractivity contribution < 1.29 is 33.3 Å². The number of carbonyl (C=O) groups excluding carboxylic acids is 3. The van der Waals surface area contributed by atoms with Crippen molar-refractivity contribution in [3.8, 4) is 0 Å². The highest BCUT2D eigenvalue weighted by Gasteiger charge is 2.21. The Labute approximate surface area is 279 Å². The summed E-state index contributed by atoms with van der Waals surface area (Å²) in [5.74, 6) is -0.577. The molecule has 0 fully saturated rings. The van der Waals surface area contributed by atoms with Crippen LogP contribution in [0, 0.1) is 0 Å². The van der Waals surface area contributed by atoms with Crippen molar-refractivity contribution in [1.82, 2.24) is 15.0 Å². The number of hydrogen-bond acceptors (Lipinski definition) is 9. The lowest BCUT2D eigenvalue weighted by Crippen LogP contribution is -2.30. The van der Waals surface area contributed by atoms with Gasteiger partial charge in [-0.15, -0.1) is 5.10 Å². The Balaban J connectivity index is 2.58. The monoisotopic (exact) mass is 651 g/mol. The second-order valence-electron chi connectivity index (χ2n) is 13.2. The fourth-order valence-corrected chi connectivity index (χ4v) is 4.96. The minimum absolute atomic E-state index is 0.00480. The number of unbranched alkanes of at least 4 members (excludes halogenated alkanes) is 12. The van der Waals surface area contributed by atoms with Crippen LogP contribution < -0.4 is 0 Å². The highest BCUT2D eigenvalue weighted by Crippen LogP contribution is 2.15. The van der Waals surface area contributed by atoms with Crippen LogP contribution in [0.5, 0.6) is 0 Å². The van der Waals surface area contributed by atoms with E-state index in [-0.39, 0.29) is 42.9 Å². The molecule has 2 atom stereocenters. The molecule has 0 aliphatic carbocycles. The Morgan fingerprint density at radius 3 is 1.98 bits per heavy atom. The average Bonchev–Trinajstić information content (AvgIpc) is 3.48. The van der Waals surface area contributed by atoms with Crippen molar-refractivity contribution in [1.29, 1.82) is 0 Å². The number of methoxy groups -OCH3 is 1. The lowest BCUT2D eigenvalue weighted by molar-refractivity contribution is -0.160. The lowest BCUT2D eigenvalue weighted by Gasteiger charge is -2.23.